The van der Waals surface area contributed by atoms with E-state index in [1.165, 1.54) is 6.07 Å². The van der Waals surface area contributed by atoms with Gasteiger partial charge in [0.1, 0.15) is 17.1 Å². The molecule has 1 spiro atoms. The number of rotatable bonds is 2. The largest absolute Gasteiger partial charge is 0.468 e. The summed E-state index contributed by atoms with van der Waals surface area (Å²) in [6, 6.07) is 2.67. The quantitative estimate of drug-likeness (QED) is 0.470. The number of ether oxygens (including phenoxy) is 1. The van der Waals surface area contributed by atoms with Crippen LogP contribution in [0, 0.1) is 29.2 Å². The second-order valence-corrected chi connectivity index (χ2v) is 6.70. The van der Waals surface area contributed by atoms with E-state index in [2.05, 4.69) is 15.3 Å². The van der Waals surface area contributed by atoms with E-state index >= 15 is 0 Å². The van der Waals surface area contributed by atoms with E-state index in [9.17, 15) is 27.2 Å². The molecule has 2 aromatic rings. The van der Waals surface area contributed by atoms with Crippen molar-refractivity contribution >= 4 is 17.7 Å². The monoisotopic (exact) mass is 407 g/mol. The number of carbonyl (C=O) groups is 2. The van der Waals surface area contributed by atoms with Gasteiger partial charge in [0, 0.05) is 6.07 Å². The molecule has 2 aliphatic rings. The standard InChI is InChI=1S/C19H13F4N3O3/c1-29-18(28)13-17(27)25-16(15-12(22)6-8(20)7-24-15)26-19(13)5-4-9-10(19)2-3-11(21)14(9)23/h2-3,6-7,13H,4-5H2,1H3,(H,25,26,27). The maximum atomic E-state index is 14.3. The molecule has 2 heterocycles. The Bertz CT molecular complexity index is 1090. The van der Waals surface area contributed by atoms with Crippen molar-refractivity contribution in [2.75, 3.05) is 7.11 Å². The first-order valence-electron chi connectivity index (χ1n) is 8.56. The molecule has 0 bridgehead atoms. The van der Waals surface area contributed by atoms with Gasteiger partial charge in [-0.3, -0.25) is 14.6 Å². The second kappa shape index (κ2) is 6.64. The predicted molar refractivity (Wildman–Crippen MR) is 90.7 cm³/mol. The lowest BCUT2D eigenvalue weighted by molar-refractivity contribution is -0.153. The van der Waals surface area contributed by atoms with Crippen molar-refractivity contribution < 1.29 is 31.9 Å². The summed E-state index contributed by atoms with van der Waals surface area (Å²) in [5, 5.41) is 2.28. The van der Waals surface area contributed by atoms with Crippen LogP contribution in [0.1, 0.15) is 23.2 Å². The third kappa shape index (κ3) is 2.78. The highest BCUT2D eigenvalue weighted by molar-refractivity contribution is 6.14. The zero-order chi connectivity index (χ0) is 20.9. The molecule has 150 valence electrons. The van der Waals surface area contributed by atoms with Gasteiger partial charge in [-0.15, -0.1) is 0 Å². The number of aliphatic imine (C=N–C) groups is 1. The molecule has 1 amide bonds. The van der Waals surface area contributed by atoms with Crippen molar-refractivity contribution in [3.8, 4) is 0 Å². The van der Waals surface area contributed by atoms with Crippen molar-refractivity contribution in [3.05, 3.63) is 64.5 Å². The van der Waals surface area contributed by atoms with E-state index in [1.54, 1.807) is 0 Å². The Morgan fingerprint density at radius 3 is 2.69 bits per heavy atom. The summed E-state index contributed by atoms with van der Waals surface area (Å²) in [5.74, 6) is -7.85. The predicted octanol–water partition coefficient (Wildman–Crippen LogP) is 2.15. The van der Waals surface area contributed by atoms with E-state index < -0.39 is 52.3 Å². The zero-order valence-electron chi connectivity index (χ0n) is 14.9. The molecule has 0 saturated carbocycles. The number of hydrogen-bond donors (Lipinski definition) is 1. The van der Waals surface area contributed by atoms with Gasteiger partial charge in [0.2, 0.25) is 5.91 Å². The molecular formula is C19H13F4N3O3. The molecule has 1 aliphatic carbocycles. The maximum Gasteiger partial charge on any atom is 0.321 e. The van der Waals surface area contributed by atoms with E-state index in [4.69, 9.17) is 4.74 Å². The minimum Gasteiger partial charge on any atom is -0.468 e. The lowest BCUT2D eigenvalue weighted by Gasteiger charge is -2.36. The average molecular weight is 407 g/mol. The molecule has 0 radical (unpaired) electrons. The summed E-state index contributed by atoms with van der Waals surface area (Å²) in [5.41, 5.74) is -1.98. The molecular weight excluding hydrogens is 394 g/mol. The number of aromatic nitrogens is 1. The van der Waals surface area contributed by atoms with Crippen molar-refractivity contribution in [2.24, 2.45) is 10.9 Å². The van der Waals surface area contributed by atoms with Crippen LogP contribution in [-0.2, 0) is 26.3 Å². The van der Waals surface area contributed by atoms with Gasteiger partial charge >= 0.3 is 5.97 Å². The molecule has 2 atom stereocenters. The van der Waals surface area contributed by atoms with Gasteiger partial charge in [0.05, 0.1) is 13.3 Å². The van der Waals surface area contributed by atoms with Crippen LogP contribution in [0.15, 0.2) is 29.4 Å². The van der Waals surface area contributed by atoms with Crippen LogP contribution in [0.4, 0.5) is 17.6 Å². The SMILES string of the molecule is COC(=O)C1C(=O)NC(c2ncc(F)cc2F)=NC12CCc1c2ccc(F)c1F. The molecule has 1 aliphatic heterocycles. The minimum absolute atomic E-state index is 0.00416. The van der Waals surface area contributed by atoms with Crippen molar-refractivity contribution in [3.63, 3.8) is 0 Å². The Labute approximate surface area is 161 Å². The molecule has 10 heteroatoms. The van der Waals surface area contributed by atoms with E-state index in [1.807, 2.05) is 0 Å². The van der Waals surface area contributed by atoms with Gasteiger partial charge in [0.15, 0.2) is 29.2 Å². The molecule has 29 heavy (non-hydrogen) atoms. The van der Waals surface area contributed by atoms with Crippen LogP contribution in [0.3, 0.4) is 0 Å². The van der Waals surface area contributed by atoms with E-state index in [0.717, 1.165) is 19.4 Å². The molecule has 0 fully saturated rings. The molecule has 4 rings (SSSR count). The van der Waals surface area contributed by atoms with Gasteiger partial charge in [-0.05, 0) is 30.0 Å². The normalized spacial score (nSPS) is 22.9. The lowest BCUT2D eigenvalue weighted by Crippen LogP contribution is -2.54. The molecule has 1 aromatic heterocycles. The Morgan fingerprint density at radius 2 is 2.00 bits per heavy atom. The van der Waals surface area contributed by atoms with Crippen molar-refractivity contribution in [1.82, 2.24) is 10.3 Å². The molecule has 1 aromatic carbocycles. The van der Waals surface area contributed by atoms with Crippen LogP contribution in [0.5, 0.6) is 0 Å². The summed E-state index contributed by atoms with van der Waals surface area (Å²) in [6.45, 7) is 0. The van der Waals surface area contributed by atoms with Gasteiger partial charge in [-0.2, -0.15) is 0 Å². The summed E-state index contributed by atoms with van der Waals surface area (Å²) in [6.07, 6.45) is 0.710. The molecule has 0 saturated heterocycles. The highest BCUT2D eigenvalue weighted by atomic mass is 19.2. The highest BCUT2D eigenvalue weighted by Gasteiger charge is 2.56. The fourth-order valence-electron chi connectivity index (χ4n) is 3.93. The summed E-state index contributed by atoms with van der Waals surface area (Å²) >= 11 is 0. The number of hydrogen-bond acceptors (Lipinski definition) is 5. The Balaban J connectivity index is 1.97. The van der Waals surface area contributed by atoms with Crippen LogP contribution in [0.2, 0.25) is 0 Å². The van der Waals surface area contributed by atoms with Crippen LogP contribution in [-0.4, -0.2) is 29.8 Å². The Morgan fingerprint density at radius 1 is 1.24 bits per heavy atom. The van der Waals surface area contributed by atoms with Gasteiger partial charge < -0.3 is 10.1 Å². The molecule has 1 N–H and O–H groups in total. The number of halogens is 4. The first kappa shape index (κ1) is 19.0. The molecule has 2 unspecified atom stereocenters. The number of pyridine rings is 1. The van der Waals surface area contributed by atoms with Crippen molar-refractivity contribution in [2.45, 2.75) is 18.4 Å². The third-order valence-electron chi connectivity index (χ3n) is 5.18. The number of nitrogens with one attached hydrogen (secondary N) is 1. The topological polar surface area (TPSA) is 80.7 Å². The first-order valence-corrected chi connectivity index (χ1v) is 8.56. The number of amidine groups is 1. The Hall–Kier alpha value is -3.30. The number of methoxy groups -OCH3 is 1. The highest BCUT2D eigenvalue weighted by Crippen LogP contribution is 2.48. The van der Waals surface area contributed by atoms with Crippen LogP contribution < -0.4 is 5.32 Å². The van der Waals surface area contributed by atoms with Gasteiger partial charge in [-0.1, -0.05) is 6.07 Å². The van der Waals surface area contributed by atoms with Crippen molar-refractivity contribution in [1.29, 1.82) is 0 Å². The van der Waals surface area contributed by atoms with E-state index in [0.29, 0.717) is 6.07 Å². The van der Waals surface area contributed by atoms with E-state index in [-0.39, 0.29) is 29.8 Å². The lowest BCUT2D eigenvalue weighted by atomic mass is 9.77. The number of esters is 1. The van der Waals surface area contributed by atoms with Gasteiger partial charge in [0.25, 0.3) is 0 Å². The number of fused-ring (bicyclic) bond motifs is 2. The van der Waals surface area contributed by atoms with Crippen LogP contribution in [0.25, 0.3) is 0 Å². The molecule has 6 nitrogen and oxygen atoms in total. The summed E-state index contributed by atoms with van der Waals surface area (Å²) in [4.78, 5) is 33.2. The van der Waals surface area contributed by atoms with Crippen LogP contribution >= 0.6 is 0 Å². The second-order valence-electron chi connectivity index (χ2n) is 6.70. The smallest absolute Gasteiger partial charge is 0.321 e. The summed E-state index contributed by atoms with van der Waals surface area (Å²) < 4.78 is 60.2. The first-order chi connectivity index (χ1) is 13.8. The van der Waals surface area contributed by atoms with Gasteiger partial charge in [-0.25, -0.2) is 22.5 Å². The average Bonchev–Trinajstić information content (AvgIpc) is 3.03. The fraction of sp³-hybridized carbons (Fsp3) is 0.263. The number of nitrogens with zero attached hydrogens (tertiary/aromatic N) is 2. The zero-order valence-corrected chi connectivity index (χ0v) is 14.9. The summed E-state index contributed by atoms with van der Waals surface area (Å²) in [7, 11) is 1.07. The fourth-order valence-corrected chi connectivity index (χ4v) is 3.93. The number of carbonyl (C=O) groups excluding carboxylic acids is 2. The minimum atomic E-state index is -1.64. The number of benzene rings is 1. The third-order valence-corrected chi connectivity index (χ3v) is 5.18. The Kier molecular flexibility index (Phi) is 4.36. The number of amides is 1. The maximum absolute atomic E-state index is 14.3.